The Hall–Kier alpha value is -1.93. The van der Waals surface area contributed by atoms with Gasteiger partial charge >= 0.3 is 5.97 Å². The van der Waals surface area contributed by atoms with Crippen LogP contribution in [0.2, 0.25) is 0 Å². The molecule has 0 spiro atoms. The summed E-state index contributed by atoms with van der Waals surface area (Å²) in [5, 5.41) is 10.4. The lowest BCUT2D eigenvalue weighted by molar-refractivity contribution is -0.134. The number of aryl methyl sites for hydroxylation is 1. The molecule has 2 rings (SSSR count). The summed E-state index contributed by atoms with van der Waals surface area (Å²) >= 11 is 1.11. The fourth-order valence-corrected chi connectivity index (χ4v) is 3.35. The maximum atomic E-state index is 11.5. The van der Waals surface area contributed by atoms with Crippen LogP contribution in [-0.4, -0.2) is 30.2 Å². The number of nitrogens with zero attached hydrogens (tertiary/aromatic N) is 1. The summed E-state index contributed by atoms with van der Waals surface area (Å²) in [5.74, 6) is -2.39. The van der Waals surface area contributed by atoms with Crippen molar-refractivity contribution >= 4 is 32.5 Å². The minimum absolute atomic E-state index is 0.154. The Balaban J connectivity index is 2.17. The van der Waals surface area contributed by atoms with Crippen molar-refractivity contribution in [2.24, 2.45) is 0 Å². The Kier molecular flexibility index (Phi) is 4.05. The van der Waals surface area contributed by atoms with Gasteiger partial charge in [0.15, 0.2) is 10.9 Å². The lowest BCUT2D eigenvalue weighted by Crippen LogP contribution is -2.22. The number of hydrogen-bond donors (Lipinski definition) is 2. The molecule has 20 heavy (non-hydrogen) atoms. The Bertz CT molecular complexity index is 720. The van der Waals surface area contributed by atoms with Crippen molar-refractivity contribution in [2.75, 3.05) is 10.5 Å². The van der Waals surface area contributed by atoms with Gasteiger partial charge in [-0.15, -0.1) is 11.3 Å². The Morgan fingerprint density at radius 2 is 2.00 bits per heavy atom. The summed E-state index contributed by atoms with van der Waals surface area (Å²) in [7, 11) is -3.91. The van der Waals surface area contributed by atoms with Gasteiger partial charge in [0.05, 0.1) is 5.69 Å². The number of carboxylic acids is 1. The number of benzene rings is 1. The van der Waals surface area contributed by atoms with E-state index in [1.54, 1.807) is 5.38 Å². The molecule has 0 saturated heterocycles. The number of aromatic nitrogens is 1. The number of carbonyl (C=O) groups is 1. The zero-order valence-electron chi connectivity index (χ0n) is 10.5. The zero-order chi connectivity index (χ0) is 14.8. The van der Waals surface area contributed by atoms with E-state index in [-0.39, 0.29) is 5.13 Å². The van der Waals surface area contributed by atoms with E-state index in [0.717, 1.165) is 22.5 Å². The Morgan fingerprint density at radius 3 is 2.60 bits per heavy atom. The number of rotatable bonds is 5. The number of hydrogen-bond acceptors (Lipinski definition) is 5. The third-order valence-corrected chi connectivity index (χ3v) is 4.43. The second kappa shape index (κ2) is 5.59. The summed E-state index contributed by atoms with van der Waals surface area (Å²) in [4.78, 5) is 14.6. The maximum Gasteiger partial charge on any atom is 0.320 e. The highest BCUT2D eigenvalue weighted by Gasteiger charge is 2.17. The molecule has 0 fully saturated rings. The number of thiazole rings is 1. The molecule has 0 saturated carbocycles. The van der Waals surface area contributed by atoms with E-state index in [2.05, 4.69) is 9.71 Å². The first-order chi connectivity index (χ1) is 9.35. The second-order valence-corrected chi connectivity index (χ2v) is 6.74. The van der Waals surface area contributed by atoms with Gasteiger partial charge < -0.3 is 5.11 Å². The molecule has 1 heterocycles. The smallest absolute Gasteiger partial charge is 0.320 e. The molecule has 0 aliphatic carbocycles. The predicted molar refractivity (Wildman–Crippen MR) is 77.3 cm³/mol. The van der Waals surface area contributed by atoms with Crippen molar-refractivity contribution in [1.29, 1.82) is 0 Å². The van der Waals surface area contributed by atoms with Crippen LogP contribution in [0.4, 0.5) is 5.13 Å². The SMILES string of the molecule is Cc1ccc(-c2csc(NS(=O)(=O)CC(=O)O)n2)cc1. The normalized spacial score (nSPS) is 11.2. The van der Waals surface area contributed by atoms with Crippen molar-refractivity contribution in [3.8, 4) is 11.3 Å². The maximum absolute atomic E-state index is 11.5. The lowest BCUT2D eigenvalue weighted by atomic mass is 10.1. The number of aliphatic carboxylic acids is 1. The van der Waals surface area contributed by atoms with Crippen LogP contribution in [0.3, 0.4) is 0 Å². The van der Waals surface area contributed by atoms with Crippen molar-refractivity contribution in [1.82, 2.24) is 4.98 Å². The number of anilines is 1. The van der Waals surface area contributed by atoms with Crippen LogP contribution in [0.15, 0.2) is 29.6 Å². The zero-order valence-corrected chi connectivity index (χ0v) is 12.2. The molecule has 0 aliphatic heterocycles. The number of sulfonamides is 1. The van der Waals surface area contributed by atoms with Crippen LogP contribution in [0.5, 0.6) is 0 Å². The van der Waals surface area contributed by atoms with Crippen LogP contribution in [0.1, 0.15) is 5.56 Å². The molecule has 106 valence electrons. The number of nitrogens with one attached hydrogen (secondary N) is 1. The van der Waals surface area contributed by atoms with Gasteiger partial charge in [-0.05, 0) is 6.92 Å². The average Bonchev–Trinajstić information content (AvgIpc) is 2.75. The molecule has 0 unspecified atom stereocenters. The summed E-state index contributed by atoms with van der Waals surface area (Å²) < 4.78 is 25.1. The molecular formula is C12H12N2O4S2. The minimum atomic E-state index is -3.91. The average molecular weight is 312 g/mol. The van der Waals surface area contributed by atoms with Gasteiger partial charge in [-0.1, -0.05) is 29.8 Å². The van der Waals surface area contributed by atoms with Gasteiger partial charge in [0.1, 0.15) is 0 Å². The topological polar surface area (TPSA) is 96.4 Å². The summed E-state index contributed by atoms with van der Waals surface area (Å²) in [6.07, 6.45) is 0. The molecule has 0 amide bonds. The molecule has 1 aromatic carbocycles. The molecule has 8 heteroatoms. The van der Waals surface area contributed by atoms with Gasteiger partial charge in [0.2, 0.25) is 10.0 Å². The van der Waals surface area contributed by atoms with Crippen LogP contribution in [0.25, 0.3) is 11.3 Å². The molecule has 6 nitrogen and oxygen atoms in total. The molecule has 0 radical (unpaired) electrons. The quantitative estimate of drug-likeness (QED) is 0.879. The van der Waals surface area contributed by atoms with Crippen LogP contribution >= 0.6 is 11.3 Å². The molecule has 0 aliphatic rings. The molecule has 0 atom stereocenters. The van der Waals surface area contributed by atoms with Crippen molar-refractivity contribution in [2.45, 2.75) is 6.92 Å². The highest BCUT2D eigenvalue weighted by atomic mass is 32.2. The molecule has 2 N–H and O–H groups in total. The van der Waals surface area contributed by atoms with Gasteiger partial charge in [-0.2, -0.15) is 0 Å². The van der Waals surface area contributed by atoms with Crippen LogP contribution < -0.4 is 4.72 Å². The first-order valence-corrected chi connectivity index (χ1v) is 8.14. The molecule has 1 aromatic heterocycles. The summed E-state index contributed by atoms with van der Waals surface area (Å²) in [6, 6.07) is 7.64. The molecule has 0 bridgehead atoms. The van der Waals surface area contributed by atoms with Gasteiger partial charge in [-0.3, -0.25) is 9.52 Å². The Morgan fingerprint density at radius 1 is 1.35 bits per heavy atom. The van der Waals surface area contributed by atoms with E-state index in [1.807, 2.05) is 31.2 Å². The van der Waals surface area contributed by atoms with Gasteiger partial charge in [0, 0.05) is 10.9 Å². The molecule has 2 aromatic rings. The third kappa shape index (κ3) is 3.78. The van der Waals surface area contributed by atoms with Gasteiger partial charge in [0.25, 0.3) is 0 Å². The fraction of sp³-hybridized carbons (Fsp3) is 0.167. The van der Waals surface area contributed by atoms with E-state index in [9.17, 15) is 13.2 Å². The van der Waals surface area contributed by atoms with E-state index in [4.69, 9.17) is 5.11 Å². The highest BCUT2D eigenvalue weighted by molar-refractivity contribution is 7.93. The van der Waals surface area contributed by atoms with Crippen LogP contribution in [-0.2, 0) is 14.8 Å². The lowest BCUT2D eigenvalue weighted by Gasteiger charge is -2.01. The number of carboxylic acid groups (broad SMARTS) is 1. The van der Waals surface area contributed by atoms with E-state index < -0.39 is 21.7 Å². The van der Waals surface area contributed by atoms with Crippen molar-refractivity contribution in [3.63, 3.8) is 0 Å². The van der Waals surface area contributed by atoms with Crippen molar-refractivity contribution < 1.29 is 18.3 Å². The summed E-state index contributed by atoms with van der Waals surface area (Å²) in [6.45, 7) is 1.97. The van der Waals surface area contributed by atoms with Crippen molar-refractivity contribution in [3.05, 3.63) is 35.2 Å². The van der Waals surface area contributed by atoms with E-state index >= 15 is 0 Å². The monoisotopic (exact) mass is 312 g/mol. The highest BCUT2D eigenvalue weighted by Crippen LogP contribution is 2.25. The predicted octanol–water partition coefficient (Wildman–Crippen LogP) is 1.94. The standard InChI is InChI=1S/C12H12N2O4S2/c1-8-2-4-9(5-3-8)10-6-19-12(13-10)14-20(17,18)7-11(15)16/h2-6H,7H2,1H3,(H,13,14)(H,15,16). The second-order valence-electron chi connectivity index (χ2n) is 4.16. The van der Waals surface area contributed by atoms with E-state index in [0.29, 0.717) is 5.69 Å². The van der Waals surface area contributed by atoms with E-state index in [1.165, 1.54) is 0 Å². The fourth-order valence-electron chi connectivity index (χ4n) is 1.51. The largest absolute Gasteiger partial charge is 0.480 e. The summed E-state index contributed by atoms with van der Waals surface area (Å²) in [5.41, 5.74) is 2.63. The van der Waals surface area contributed by atoms with Crippen LogP contribution in [0, 0.1) is 6.92 Å². The minimum Gasteiger partial charge on any atom is -0.480 e. The first kappa shape index (κ1) is 14.5. The first-order valence-electron chi connectivity index (χ1n) is 5.60. The van der Waals surface area contributed by atoms with Gasteiger partial charge in [-0.25, -0.2) is 13.4 Å². The molecular weight excluding hydrogens is 300 g/mol. The Labute approximate surface area is 120 Å². The third-order valence-electron chi connectivity index (χ3n) is 2.41.